The van der Waals surface area contributed by atoms with Crippen LogP contribution in [-0.2, 0) is 27.1 Å². The summed E-state index contributed by atoms with van der Waals surface area (Å²) in [6, 6.07) is 12.0. The minimum absolute atomic E-state index is 0.133. The van der Waals surface area contributed by atoms with Gasteiger partial charge in [0.25, 0.3) is 5.91 Å². The summed E-state index contributed by atoms with van der Waals surface area (Å²) in [7, 11) is -3.46. The fraction of sp³-hybridized carbons (Fsp3) is 0.316. The van der Waals surface area contributed by atoms with Crippen LogP contribution < -0.4 is 5.32 Å². The summed E-state index contributed by atoms with van der Waals surface area (Å²) in [6.45, 7) is 1.67. The Balaban J connectivity index is 1.73. The molecule has 0 saturated carbocycles. The molecule has 0 aliphatic carbocycles. The van der Waals surface area contributed by atoms with Crippen LogP contribution in [0.3, 0.4) is 0 Å². The van der Waals surface area contributed by atoms with Crippen LogP contribution in [0.15, 0.2) is 42.5 Å². The zero-order chi connectivity index (χ0) is 20.1. The van der Waals surface area contributed by atoms with Gasteiger partial charge in [-0.15, -0.1) is 0 Å². The van der Waals surface area contributed by atoms with E-state index in [4.69, 9.17) is 27.9 Å². The van der Waals surface area contributed by atoms with Crippen LogP contribution in [0.25, 0.3) is 0 Å². The molecule has 28 heavy (non-hydrogen) atoms. The molecule has 1 aliphatic heterocycles. The Hall–Kier alpha value is -1.64. The van der Waals surface area contributed by atoms with E-state index in [0.29, 0.717) is 31.9 Å². The van der Waals surface area contributed by atoms with Gasteiger partial charge in [-0.25, -0.2) is 8.42 Å². The molecular formula is C19H20Cl2N2O4S. The Labute approximate surface area is 174 Å². The number of nitrogens with zero attached hydrogens (tertiary/aromatic N) is 1. The highest BCUT2D eigenvalue weighted by molar-refractivity contribution is 7.88. The number of amides is 1. The summed E-state index contributed by atoms with van der Waals surface area (Å²) in [4.78, 5) is 12.5. The van der Waals surface area contributed by atoms with Crippen molar-refractivity contribution in [3.63, 3.8) is 0 Å². The maximum absolute atomic E-state index is 12.7. The molecule has 0 atom stereocenters. The summed E-state index contributed by atoms with van der Waals surface area (Å²) < 4.78 is 32.1. The molecule has 2 aromatic carbocycles. The van der Waals surface area contributed by atoms with Crippen LogP contribution >= 0.6 is 23.2 Å². The lowest BCUT2D eigenvalue weighted by molar-refractivity contribution is 0.0729. The van der Waals surface area contributed by atoms with Gasteiger partial charge >= 0.3 is 0 Å². The lowest BCUT2D eigenvalue weighted by Crippen LogP contribution is -2.41. The topological polar surface area (TPSA) is 75.7 Å². The van der Waals surface area contributed by atoms with E-state index in [2.05, 4.69) is 5.32 Å². The third-order valence-electron chi connectivity index (χ3n) is 4.45. The Bertz CT molecular complexity index is 940. The first-order valence-electron chi connectivity index (χ1n) is 8.73. The molecule has 6 nitrogen and oxygen atoms in total. The SMILES string of the molecule is O=C(NCc1ccccc1CS(=O)(=O)N1CCOCC1)c1c(Cl)cccc1Cl. The van der Waals surface area contributed by atoms with E-state index in [1.165, 1.54) is 4.31 Å². The molecule has 1 N–H and O–H groups in total. The highest BCUT2D eigenvalue weighted by Crippen LogP contribution is 2.24. The number of rotatable bonds is 6. The average Bonchev–Trinajstić information content (AvgIpc) is 2.67. The van der Waals surface area contributed by atoms with Gasteiger partial charge in [0.1, 0.15) is 0 Å². The lowest BCUT2D eigenvalue weighted by Gasteiger charge is -2.26. The molecule has 150 valence electrons. The minimum Gasteiger partial charge on any atom is -0.379 e. The number of carbonyl (C=O) groups excluding carboxylic acids is 1. The van der Waals surface area contributed by atoms with Gasteiger partial charge in [-0.2, -0.15) is 4.31 Å². The van der Waals surface area contributed by atoms with Gasteiger partial charge < -0.3 is 10.1 Å². The van der Waals surface area contributed by atoms with Crippen LogP contribution in [0.4, 0.5) is 0 Å². The first-order valence-corrected chi connectivity index (χ1v) is 11.1. The van der Waals surface area contributed by atoms with E-state index in [9.17, 15) is 13.2 Å². The number of carbonyl (C=O) groups is 1. The van der Waals surface area contributed by atoms with E-state index in [0.717, 1.165) is 5.56 Å². The van der Waals surface area contributed by atoms with Crippen LogP contribution in [0.2, 0.25) is 10.0 Å². The summed E-state index contributed by atoms with van der Waals surface area (Å²) in [5.74, 6) is -0.548. The second kappa shape index (κ2) is 9.24. The Morgan fingerprint density at radius 2 is 1.61 bits per heavy atom. The molecular weight excluding hydrogens is 423 g/mol. The number of morpholine rings is 1. The van der Waals surface area contributed by atoms with Gasteiger partial charge in [0.05, 0.1) is 34.6 Å². The second-order valence-corrected chi connectivity index (χ2v) is 9.10. The Kier molecular flexibility index (Phi) is 6.95. The van der Waals surface area contributed by atoms with Gasteiger partial charge in [-0.1, -0.05) is 53.5 Å². The molecule has 0 unspecified atom stereocenters. The largest absolute Gasteiger partial charge is 0.379 e. The van der Waals surface area contributed by atoms with Crippen molar-refractivity contribution in [2.75, 3.05) is 26.3 Å². The van der Waals surface area contributed by atoms with Gasteiger partial charge in [0.15, 0.2) is 0 Å². The van der Waals surface area contributed by atoms with Crippen LogP contribution in [-0.4, -0.2) is 44.9 Å². The van der Waals surface area contributed by atoms with Crippen molar-refractivity contribution >= 4 is 39.1 Å². The lowest BCUT2D eigenvalue weighted by atomic mass is 10.1. The summed E-state index contributed by atoms with van der Waals surface area (Å²) >= 11 is 12.1. The number of halogens is 2. The van der Waals surface area contributed by atoms with Crippen molar-refractivity contribution in [1.82, 2.24) is 9.62 Å². The maximum atomic E-state index is 12.7. The van der Waals surface area contributed by atoms with Crippen molar-refractivity contribution in [2.45, 2.75) is 12.3 Å². The molecule has 0 aromatic heterocycles. The standard InChI is InChI=1S/C19H20Cl2N2O4S/c20-16-6-3-7-17(21)18(16)19(24)22-12-14-4-1-2-5-15(14)13-28(25,26)23-8-10-27-11-9-23/h1-7H,8-13H2,(H,22,24). The van der Waals surface area contributed by atoms with Crippen molar-refractivity contribution in [1.29, 1.82) is 0 Å². The van der Waals surface area contributed by atoms with E-state index in [1.807, 2.05) is 0 Å². The number of ether oxygens (including phenoxy) is 1. The average molecular weight is 443 g/mol. The zero-order valence-electron chi connectivity index (χ0n) is 15.0. The first kappa shape index (κ1) is 21.1. The number of benzene rings is 2. The molecule has 0 spiro atoms. The van der Waals surface area contributed by atoms with Gasteiger partial charge in [-0.3, -0.25) is 4.79 Å². The second-order valence-electron chi connectivity index (χ2n) is 6.32. The third-order valence-corrected chi connectivity index (χ3v) is 6.91. The number of sulfonamides is 1. The first-order chi connectivity index (χ1) is 13.4. The predicted molar refractivity (Wildman–Crippen MR) is 109 cm³/mol. The Morgan fingerprint density at radius 1 is 1.00 bits per heavy atom. The summed E-state index contributed by atoms with van der Waals surface area (Å²) in [6.07, 6.45) is 0. The molecule has 0 bridgehead atoms. The summed E-state index contributed by atoms with van der Waals surface area (Å²) in [5.41, 5.74) is 1.56. The number of nitrogens with one attached hydrogen (secondary N) is 1. The van der Waals surface area contributed by atoms with Crippen LogP contribution in [0.5, 0.6) is 0 Å². The number of hydrogen-bond acceptors (Lipinski definition) is 4. The van der Waals surface area contributed by atoms with Gasteiger partial charge in [0.2, 0.25) is 10.0 Å². The van der Waals surface area contributed by atoms with Crippen molar-refractivity contribution < 1.29 is 17.9 Å². The van der Waals surface area contributed by atoms with Gasteiger partial charge in [-0.05, 0) is 23.3 Å². The minimum atomic E-state index is -3.46. The quantitative estimate of drug-likeness (QED) is 0.745. The third kappa shape index (κ3) is 5.04. The molecule has 1 amide bonds. The van der Waals surface area contributed by atoms with E-state index >= 15 is 0 Å². The van der Waals surface area contributed by atoms with Crippen molar-refractivity contribution in [2.24, 2.45) is 0 Å². The molecule has 1 saturated heterocycles. The molecule has 3 rings (SSSR count). The summed E-state index contributed by atoms with van der Waals surface area (Å²) in [5, 5.41) is 3.28. The van der Waals surface area contributed by atoms with E-state index < -0.39 is 15.9 Å². The fourth-order valence-electron chi connectivity index (χ4n) is 2.96. The van der Waals surface area contributed by atoms with Crippen LogP contribution in [0.1, 0.15) is 21.5 Å². The van der Waals surface area contributed by atoms with E-state index in [1.54, 1.807) is 42.5 Å². The fourth-order valence-corrected chi connectivity index (χ4v) is 5.09. The molecule has 2 aromatic rings. The van der Waals surface area contributed by atoms with Gasteiger partial charge in [0, 0.05) is 19.6 Å². The highest BCUT2D eigenvalue weighted by atomic mass is 35.5. The van der Waals surface area contributed by atoms with Crippen LogP contribution in [0, 0.1) is 0 Å². The molecule has 9 heteroatoms. The van der Waals surface area contributed by atoms with Crippen molar-refractivity contribution in [3.05, 3.63) is 69.2 Å². The maximum Gasteiger partial charge on any atom is 0.254 e. The predicted octanol–water partition coefficient (Wildman–Crippen LogP) is 3.09. The molecule has 1 fully saturated rings. The van der Waals surface area contributed by atoms with Crippen molar-refractivity contribution in [3.8, 4) is 0 Å². The highest BCUT2D eigenvalue weighted by Gasteiger charge is 2.25. The molecule has 1 aliphatic rings. The van der Waals surface area contributed by atoms with E-state index in [-0.39, 0.29) is 27.9 Å². The molecule has 0 radical (unpaired) electrons. The zero-order valence-corrected chi connectivity index (χ0v) is 17.4. The smallest absolute Gasteiger partial charge is 0.254 e. The number of hydrogen-bond donors (Lipinski definition) is 1. The molecule has 1 heterocycles. The normalized spacial score (nSPS) is 15.4. The monoisotopic (exact) mass is 442 g/mol. The Morgan fingerprint density at radius 3 is 2.25 bits per heavy atom.